The van der Waals surface area contributed by atoms with Gasteiger partial charge in [-0.15, -0.1) is 5.10 Å². The molecule has 1 aromatic heterocycles. The lowest BCUT2D eigenvalue weighted by molar-refractivity contribution is 0.396. The average molecular weight is 244 g/mol. The summed E-state index contributed by atoms with van der Waals surface area (Å²) in [7, 11) is 0. The molecule has 18 heavy (non-hydrogen) atoms. The minimum atomic E-state index is 0.419. The maximum absolute atomic E-state index is 4.34. The average Bonchev–Trinajstić information content (AvgIpc) is 3.13. The number of para-hydroxylation sites is 1. The molecule has 0 radical (unpaired) electrons. The van der Waals surface area contributed by atoms with Crippen molar-refractivity contribution in [2.24, 2.45) is 0 Å². The summed E-state index contributed by atoms with van der Waals surface area (Å²) in [5, 5.41) is 12.2. The summed E-state index contributed by atoms with van der Waals surface area (Å²) in [5.74, 6) is 0. The van der Waals surface area contributed by atoms with E-state index in [0.29, 0.717) is 6.04 Å². The van der Waals surface area contributed by atoms with E-state index in [9.17, 15) is 0 Å². The molecule has 0 amide bonds. The monoisotopic (exact) mass is 244 g/mol. The second kappa shape index (κ2) is 5.06. The molecule has 96 valence electrons. The molecule has 1 aromatic carbocycles. The molecule has 1 atom stereocenters. The Kier molecular flexibility index (Phi) is 3.28. The first kappa shape index (κ1) is 11.7. The van der Waals surface area contributed by atoms with Crippen molar-refractivity contribution in [2.75, 3.05) is 6.54 Å². The first-order valence-electron chi connectivity index (χ1n) is 6.92. The fourth-order valence-corrected chi connectivity index (χ4v) is 2.39. The molecular weight excluding hydrogens is 224 g/mol. The van der Waals surface area contributed by atoms with E-state index in [1.54, 1.807) is 0 Å². The summed E-state index contributed by atoms with van der Waals surface area (Å²) in [4.78, 5) is 0. The van der Waals surface area contributed by atoms with Gasteiger partial charge in [-0.1, -0.05) is 30.7 Å². The highest BCUT2D eigenvalue weighted by Crippen LogP contribution is 2.22. The van der Waals surface area contributed by atoms with Crippen LogP contribution < -0.4 is 5.32 Å². The molecule has 1 heterocycles. The van der Waals surface area contributed by atoms with Gasteiger partial charge in [0.1, 0.15) is 5.52 Å². The lowest BCUT2D eigenvalue weighted by atomic mass is 10.1. The lowest BCUT2D eigenvalue weighted by Crippen LogP contribution is -2.27. The highest BCUT2D eigenvalue weighted by atomic mass is 15.4. The van der Waals surface area contributed by atoms with Crippen LogP contribution in [0.25, 0.3) is 11.0 Å². The van der Waals surface area contributed by atoms with Gasteiger partial charge in [-0.05, 0) is 31.4 Å². The minimum absolute atomic E-state index is 0.419. The number of aromatic nitrogens is 3. The van der Waals surface area contributed by atoms with E-state index in [1.165, 1.54) is 19.3 Å². The van der Waals surface area contributed by atoms with E-state index in [-0.39, 0.29) is 0 Å². The van der Waals surface area contributed by atoms with Gasteiger partial charge < -0.3 is 5.32 Å². The normalized spacial score (nSPS) is 17.2. The van der Waals surface area contributed by atoms with Crippen LogP contribution in [0.3, 0.4) is 0 Å². The van der Waals surface area contributed by atoms with E-state index in [0.717, 1.165) is 30.0 Å². The number of benzene rings is 1. The quantitative estimate of drug-likeness (QED) is 0.849. The van der Waals surface area contributed by atoms with Gasteiger partial charge in [0, 0.05) is 12.6 Å². The van der Waals surface area contributed by atoms with Gasteiger partial charge in [-0.3, -0.25) is 0 Å². The first-order chi connectivity index (χ1) is 8.88. The van der Waals surface area contributed by atoms with E-state index >= 15 is 0 Å². The molecule has 0 spiro atoms. The van der Waals surface area contributed by atoms with Crippen molar-refractivity contribution in [1.82, 2.24) is 20.3 Å². The Labute approximate surface area is 107 Å². The lowest BCUT2D eigenvalue weighted by Gasteiger charge is -2.17. The van der Waals surface area contributed by atoms with Crippen LogP contribution in [0, 0.1) is 0 Å². The number of nitrogens with one attached hydrogen (secondary N) is 1. The Morgan fingerprint density at radius 3 is 3.00 bits per heavy atom. The number of nitrogens with zero attached hydrogens (tertiary/aromatic N) is 3. The molecule has 4 nitrogen and oxygen atoms in total. The molecule has 1 unspecified atom stereocenters. The molecule has 0 aliphatic heterocycles. The highest BCUT2D eigenvalue weighted by molar-refractivity contribution is 5.73. The number of rotatable bonds is 6. The predicted molar refractivity (Wildman–Crippen MR) is 72.5 cm³/mol. The van der Waals surface area contributed by atoms with E-state index < -0.39 is 0 Å². The SMILES string of the molecule is CCCC(CNC1CC1)n1nnc2ccccc21. The van der Waals surface area contributed by atoms with E-state index in [4.69, 9.17) is 0 Å². The molecule has 1 aliphatic carbocycles. The third-order valence-electron chi connectivity index (χ3n) is 3.56. The third-order valence-corrected chi connectivity index (χ3v) is 3.56. The summed E-state index contributed by atoms with van der Waals surface area (Å²) in [6.07, 6.45) is 4.98. The molecule has 3 rings (SSSR count). The molecule has 0 saturated heterocycles. The Hall–Kier alpha value is -1.42. The van der Waals surface area contributed by atoms with Gasteiger partial charge >= 0.3 is 0 Å². The molecule has 4 heteroatoms. The van der Waals surface area contributed by atoms with E-state index in [2.05, 4.69) is 39.4 Å². The molecular formula is C14H20N4. The Bertz CT molecular complexity index is 515. The van der Waals surface area contributed by atoms with Gasteiger partial charge in [-0.2, -0.15) is 0 Å². The second-order valence-electron chi connectivity index (χ2n) is 5.15. The molecule has 1 aliphatic rings. The number of hydrogen-bond acceptors (Lipinski definition) is 3. The molecule has 1 saturated carbocycles. The van der Waals surface area contributed by atoms with Crippen LogP contribution in [0.1, 0.15) is 38.6 Å². The van der Waals surface area contributed by atoms with Crippen molar-refractivity contribution in [3.05, 3.63) is 24.3 Å². The van der Waals surface area contributed by atoms with Crippen LogP contribution in [0.15, 0.2) is 24.3 Å². The summed E-state index contributed by atoms with van der Waals surface area (Å²) in [6, 6.07) is 9.37. The Balaban J connectivity index is 1.82. The zero-order chi connectivity index (χ0) is 12.4. The van der Waals surface area contributed by atoms with Crippen molar-refractivity contribution >= 4 is 11.0 Å². The van der Waals surface area contributed by atoms with Crippen molar-refractivity contribution in [3.63, 3.8) is 0 Å². The van der Waals surface area contributed by atoms with Gasteiger partial charge in [-0.25, -0.2) is 4.68 Å². The zero-order valence-electron chi connectivity index (χ0n) is 10.8. The topological polar surface area (TPSA) is 42.7 Å². The molecule has 2 aromatic rings. The summed E-state index contributed by atoms with van der Waals surface area (Å²) in [5.41, 5.74) is 2.14. The standard InChI is InChI=1S/C14H20N4/c1-2-5-12(10-15-11-8-9-11)18-14-7-4-3-6-13(14)16-17-18/h3-4,6-7,11-12,15H,2,5,8-10H2,1H3. The maximum Gasteiger partial charge on any atom is 0.113 e. The highest BCUT2D eigenvalue weighted by Gasteiger charge is 2.23. The van der Waals surface area contributed by atoms with Gasteiger partial charge in [0.25, 0.3) is 0 Å². The zero-order valence-corrected chi connectivity index (χ0v) is 10.8. The van der Waals surface area contributed by atoms with Crippen molar-refractivity contribution in [3.8, 4) is 0 Å². The minimum Gasteiger partial charge on any atom is -0.312 e. The van der Waals surface area contributed by atoms with E-state index in [1.807, 2.05) is 12.1 Å². The van der Waals surface area contributed by atoms with Gasteiger partial charge in [0.2, 0.25) is 0 Å². The summed E-state index contributed by atoms with van der Waals surface area (Å²) in [6.45, 7) is 3.23. The van der Waals surface area contributed by atoms with Crippen LogP contribution in [0.5, 0.6) is 0 Å². The largest absolute Gasteiger partial charge is 0.312 e. The van der Waals surface area contributed by atoms with Gasteiger partial charge in [0.15, 0.2) is 0 Å². The Morgan fingerprint density at radius 1 is 1.39 bits per heavy atom. The van der Waals surface area contributed by atoms with Crippen LogP contribution in [0.2, 0.25) is 0 Å². The van der Waals surface area contributed by atoms with Crippen LogP contribution in [-0.2, 0) is 0 Å². The predicted octanol–water partition coefficient (Wildman–Crippen LogP) is 2.52. The molecule has 1 N–H and O–H groups in total. The Morgan fingerprint density at radius 2 is 2.22 bits per heavy atom. The molecule has 0 bridgehead atoms. The number of fused-ring (bicyclic) bond motifs is 1. The van der Waals surface area contributed by atoms with Crippen LogP contribution in [-0.4, -0.2) is 27.6 Å². The molecule has 1 fully saturated rings. The third kappa shape index (κ3) is 2.38. The summed E-state index contributed by atoms with van der Waals surface area (Å²) >= 11 is 0. The van der Waals surface area contributed by atoms with Crippen LogP contribution >= 0.6 is 0 Å². The van der Waals surface area contributed by atoms with Crippen LogP contribution in [0.4, 0.5) is 0 Å². The van der Waals surface area contributed by atoms with Gasteiger partial charge in [0.05, 0.1) is 11.6 Å². The fraction of sp³-hybridized carbons (Fsp3) is 0.571. The number of hydrogen-bond donors (Lipinski definition) is 1. The van der Waals surface area contributed by atoms with Crippen molar-refractivity contribution in [1.29, 1.82) is 0 Å². The first-order valence-corrected chi connectivity index (χ1v) is 6.92. The van der Waals surface area contributed by atoms with Crippen molar-refractivity contribution in [2.45, 2.75) is 44.7 Å². The fourth-order valence-electron chi connectivity index (χ4n) is 2.39. The smallest absolute Gasteiger partial charge is 0.113 e. The second-order valence-corrected chi connectivity index (χ2v) is 5.15. The summed E-state index contributed by atoms with van der Waals surface area (Å²) < 4.78 is 2.09. The van der Waals surface area contributed by atoms with Crippen molar-refractivity contribution < 1.29 is 0 Å². The maximum atomic E-state index is 4.34.